The molecule has 4 amide bonds. The van der Waals surface area contributed by atoms with Crippen LogP contribution in [0.2, 0.25) is 0 Å². The summed E-state index contributed by atoms with van der Waals surface area (Å²) in [5.41, 5.74) is 1.72. The highest BCUT2D eigenvalue weighted by Crippen LogP contribution is 2.48. The number of benzene rings is 4. The molecule has 0 saturated carbocycles. The first-order chi connectivity index (χ1) is 43.2. The SMILES string of the molecule is Br.CCC1(c2ccccc2)C(=O)NC(=O)NC1=O.CN1C2CC(OC(=O)C(CO)c3ccccc3)CC1C1OC12.CN1[C@@H]2CC[C@H]1CC(OC(=O)[C@H](CO)c1ccccc1)C2.CN1[C@@H]2CC[C@H]1CC(OC(=O)[C@H](CO)c1ccccc1)C2.O=S(=O)(O)O.O=S(=O)(O)O. The summed E-state index contributed by atoms with van der Waals surface area (Å²) in [6, 6.07) is 39.0. The molecule has 0 aliphatic carbocycles. The second-order valence-corrected chi connectivity index (χ2v) is 25.5. The maximum atomic E-state index is 12.4. The molecule has 29 heteroatoms. The number of amides is 4. The van der Waals surface area contributed by atoms with Crippen LogP contribution in [0.1, 0.15) is 118 Å². The van der Waals surface area contributed by atoms with E-state index in [4.69, 9.17) is 54.0 Å². The number of rotatable bonds is 14. The average molecular weight is 1390 g/mol. The monoisotopic (exact) mass is 1390 g/mol. The van der Waals surface area contributed by atoms with E-state index in [0.29, 0.717) is 60.4 Å². The average Bonchev–Trinajstić information content (AvgIpc) is 1.52. The Morgan fingerprint density at radius 2 is 0.772 bits per heavy atom. The third-order valence-corrected chi connectivity index (χ3v) is 18.4. The van der Waals surface area contributed by atoms with Gasteiger partial charge in [-0.1, -0.05) is 128 Å². The highest BCUT2D eigenvalue weighted by atomic mass is 79.9. The Balaban J connectivity index is 0.000000185. The molecule has 4 aromatic rings. The minimum Gasteiger partial charge on any atom is -0.462 e. The molecule has 0 radical (unpaired) electrons. The number of aliphatic hydroxyl groups excluding tert-OH is 3. The highest BCUT2D eigenvalue weighted by Gasteiger charge is 2.63. The van der Waals surface area contributed by atoms with Gasteiger partial charge in [-0.3, -0.25) is 57.7 Å². The molecule has 8 aliphatic heterocycles. The van der Waals surface area contributed by atoms with Gasteiger partial charge >= 0.3 is 44.7 Å². The minimum atomic E-state index is -4.67. The number of nitrogens with one attached hydrogen (secondary N) is 2. The summed E-state index contributed by atoms with van der Waals surface area (Å²) in [4.78, 5) is 79.4. The standard InChI is InChI=1S/C17H21NO4.2C17H23NO3.C12H12N2O3.BrH.2H2O4S/c1-18-13-7-11(8-14(18)16-15(13)22-16)21-17(20)12(9-19)10-5-3-2-4-6-10;2*1-18-13-7-8-14(18)10-15(9-13)21-17(20)16(11-19)12-5-3-2-4-6-12;1-2-12(8-6-4-3-5-7-8)9(15)13-11(17)14-10(12)16;;2*1-5(2,3)4/h2-6,11-16,19H,7-9H2,1H3;2*2-6,13-16,19H,7-11H2,1H3;3-7H,2H2,1H3,(H2,13,14,15,16,17);1H;2*(H2,1,2,3,4)/t;2*13-,14+,15?,16-;;;;/m.11..../s1. The van der Waals surface area contributed by atoms with Gasteiger partial charge in [0.05, 0.1) is 19.8 Å². The maximum absolute atomic E-state index is 12.4. The second-order valence-electron chi connectivity index (χ2n) is 23.8. The van der Waals surface area contributed by atoms with Crippen LogP contribution in [0.5, 0.6) is 0 Å². The first-order valence-electron chi connectivity index (χ1n) is 30.2. The Labute approximate surface area is 546 Å². The lowest BCUT2D eigenvalue weighted by molar-refractivity contribution is -0.157. The molecule has 0 spiro atoms. The number of hydrogen-bond acceptors (Lipinski definition) is 20. The van der Waals surface area contributed by atoms with Crippen LogP contribution < -0.4 is 10.6 Å². The molecule has 8 heterocycles. The number of piperidine rings is 3. The molecule has 506 valence electrons. The number of urea groups is 1. The molecule has 0 aromatic heterocycles. The summed E-state index contributed by atoms with van der Waals surface area (Å²) in [7, 11) is -2.87. The van der Waals surface area contributed by atoms with Gasteiger partial charge in [-0.25, -0.2) is 4.79 Å². The number of hydrogen-bond donors (Lipinski definition) is 9. The Bertz CT molecular complexity index is 3110. The molecular weight excluding hydrogens is 1310 g/mol. The van der Waals surface area contributed by atoms with Crippen molar-refractivity contribution < 1.29 is 98.1 Å². The van der Waals surface area contributed by atoms with Gasteiger partial charge in [0.2, 0.25) is 11.8 Å². The number of esters is 3. The number of nitrogens with zero attached hydrogens (tertiary/aromatic N) is 3. The largest absolute Gasteiger partial charge is 0.462 e. The summed E-state index contributed by atoms with van der Waals surface area (Å²) >= 11 is 0. The van der Waals surface area contributed by atoms with Gasteiger partial charge in [0.15, 0.2) is 5.41 Å². The van der Waals surface area contributed by atoms with E-state index in [1.807, 2.05) is 91.0 Å². The Morgan fingerprint density at radius 3 is 1.04 bits per heavy atom. The fourth-order valence-corrected chi connectivity index (χ4v) is 13.5. The number of carbonyl (C=O) groups is 6. The lowest BCUT2D eigenvalue weighted by Crippen LogP contribution is -2.64. The topological polar surface area (TPSA) is 386 Å². The summed E-state index contributed by atoms with van der Waals surface area (Å²) in [5, 5.41) is 32.9. The van der Waals surface area contributed by atoms with Crippen molar-refractivity contribution in [2.45, 2.75) is 167 Å². The third kappa shape index (κ3) is 20.2. The van der Waals surface area contributed by atoms with E-state index in [0.717, 1.165) is 55.2 Å². The van der Waals surface area contributed by atoms with E-state index in [9.17, 15) is 44.1 Å². The molecular formula is C63H84BrN5O21S2. The van der Waals surface area contributed by atoms with Crippen LogP contribution in [0.15, 0.2) is 121 Å². The predicted molar refractivity (Wildman–Crippen MR) is 338 cm³/mol. The molecule has 26 nitrogen and oxygen atoms in total. The quantitative estimate of drug-likeness (QED) is 0.0270. The van der Waals surface area contributed by atoms with Crippen molar-refractivity contribution in [3.63, 3.8) is 0 Å². The van der Waals surface area contributed by atoms with Gasteiger partial charge in [0.1, 0.15) is 48.3 Å². The smallest absolute Gasteiger partial charge is 0.394 e. The second kappa shape index (κ2) is 33.8. The van der Waals surface area contributed by atoms with Crippen LogP contribution in [0, 0.1) is 0 Å². The Hall–Kier alpha value is -6.16. The normalized spacial score (nSPS) is 27.4. The fraction of sp³-hybridized carbons (Fsp3) is 0.524. The van der Waals surface area contributed by atoms with Gasteiger partial charge in [0, 0.05) is 49.1 Å². The third-order valence-electron chi connectivity index (χ3n) is 18.4. The van der Waals surface area contributed by atoms with Gasteiger partial charge < -0.3 is 44.1 Å². The van der Waals surface area contributed by atoms with Gasteiger partial charge in [-0.15, -0.1) is 17.0 Å². The maximum Gasteiger partial charge on any atom is 0.394 e. The molecule has 8 aliphatic rings. The molecule has 13 atom stereocenters. The van der Waals surface area contributed by atoms with Gasteiger partial charge in [0.25, 0.3) is 0 Å². The van der Waals surface area contributed by atoms with Crippen LogP contribution in [-0.2, 0) is 69.1 Å². The number of epoxide rings is 1. The summed E-state index contributed by atoms with van der Waals surface area (Å²) in [5.74, 6) is -3.77. The lowest BCUT2D eigenvalue weighted by Gasteiger charge is -2.38. The first kappa shape index (κ1) is 74.9. The predicted octanol–water partition coefficient (Wildman–Crippen LogP) is 4.75. The van der Waals surface area contributed by atoms with E-state index in [1.54, 1.807) is 37.3 Å². The molecule has 9 N–H and O–H groups in total. The molecule has 8 fully saturated rings. The van der Waals surface area contributed by atoms with Crippen LogP contribution in [0.25, 0.3) is 0 Å². The number of halogens is 1. The van der Waals surface area contributed by atoms with Crippen LogP contribution in [-0.4, -0.2) is 209 Å². The van der Waals surface area contributed by atoms with Crippen molar-refractivity contribution in [2.24, 2.45) is 0 Å². The van der Waals surface area contributed by atoms with Crippen LogP contribution in [0.4, 0.5) is 4.79 Å². The zero-order chi connectivity index (χ0) is 66.4. The van der Waals surface area contributed by atoms with E-state index >= 15 is 0 Å². The minimum absolute atomic E-state index is 0. The molecule has 4 aromatic carbocycles. The van der Waals surface area contributed by atoms with E-state index in [1.165, 1.54) is 25.7 Å². The summed E-state index contributed by atoms with van der Waals surface area (Å²) in [6.45, 7) is 1.10. The van der Waals surface area contributed by atoms with E-state index in [2.05, 4.69) is 46.5 Å². The van der Waals surface area contributed by atoms with Crippen molar-refractivity contribution in [3.05, 3.63) is 144 Å². The van der Waals surface area contributed by atoms with E-state index in [-0.39, 0.29) is 73.0 Å². The number of barbiturate groups is 1. The molecule has 92 heavy (non-hydrogen) atoms. The molecule has 8 saturated heterocycles. The number of fused-ring (bicyclic) bond motifs is 9. The van der Waals surface area contributed by atoms with Crippen molar-refractivity contribution in [2.75, 3.05) is 41.0 Å². The van der Waals surface area contributed by atoms with Crippen molar-refractivity contribution in [3.8, 4) is 0 Å². The number of carbonyl (C=O) groups excluding carboxylic acids is 6. The number of aliphatic hydroxyl groups is 3. The number of imide groups is 2. The van der Waals surface area contributed by atoms with Crippen molar-refractivity contribution in [1.29, 1.82) is 0 Å². The Kier molecular flexibility index (Phi) is 27.5. The molecule has 6 bridgehead atoms. The fourth-order valence-electron chi connectivity index (χ4n) is 13.5. The van der Waals surface area contributed by atoms with E-state index < -0.39 is 61.8 Å². The van der Waals surface area contributed by atoms with Crippen LogP contribution >= 0.6 is 17.0 Å². The summed E-state index contributed by atoms with van der Waals surface area (Å²) < 4.78 is 85.9. The number of morpholine rings is 1. The number of ether oxygens (including phenoxy) is 4. The van der Waals surface area contributed by atoms with Gasteiger partial charge in [-0.2, -0.15) is 16.8 Å². The zero-order valence-electron chi connectivity index (χ0n) is 51.4. The Morgan fingerprint density at radius 1 is 0.500 bits per heavy atom. The first-order valence-corrected chi connectivity index (χ1v) is 33.0. The molecule has 7 unspecified atom stereocenters. The van der Waals surface area contributed by atoms with Crippen molar-refractivity contribution in [1.82, 2.24) is 25.3 Å². The lowest BCUT2D eigenvalue weighted by atomic mass is 9.75. The zero-order valence-corrected chi connectivity index (χ0v) is 54.8. The van der Waals surface area contributed by atoms with Gasteiger partial charge in [-0.05, 0) is 101 Å². The highest BCUT2D eigenvalue weighted by molar-refractivity contribution is 8.93. The van der Waals surface area contributed by atoms with Crippen molar-refractivity contribution >= 4 is 73.5 Å². The number of likely N-dealkylation sites (N-methyl/N-ethyl adjacent to an activating group) is 1. The van der Waals surface area contributed by atoms with Crippen LogP contribution in [0.3, 0.4) is 0 Å². The molecule has 12 rings (SSSR count). The summed E-state index contributed by atoms with van der Waals surface area (Å²) in [6.07, 6.45) is 11.1.